The van der Waals surface area contributed by atoms with E-state index >= 15 is 0 Å². The zero-order chi connectivity index (χ0) is 16.4. The van der Waals surface area contributed by atoms with Gasteiger partial charge in [-0.15, -0.1) is 11.3 Å². The van der Waals surface area contributed by atoms with E-state index in [4.69, 9.17) is 0 Å². The normalized spacial score (nSPS) is 20.4. The number of carboxylic acid groups (broad SMARTS) is 1. The Balaban J connectivity index is 1.74. The number of thiazole rings is 1. The monoisotopic (exact) mass is 330 g/mol. The van der Waals surface area contributed by atoms with Crippen molar-refractivity contribution >= 4 is 23.2 Å². The molecule has 1 aromatic carbocycles. The van der Waals surface area contributed by atoms with Gasteiger partial charge < -0.3 is 10.4 Å². The molecule has 0 radical (unpaired) electrons. The molecule has 23 heavy (non-hydrogen) atoms. The van der Waals surface area contributed by atoms with Crippen LogP contribution in [0.1, 0.15) is 35.3 Å². The second-order valence-corrected chi connectivity index (χ2v) is 6.67. The SMILES string of the molecule is Cc1ccccc1-c1nc(C(=O)N[C@@H]2CCC[C@@H]2C(=O)O)cs1. The maximum Gasteiger partial charge on any atom is 0.308 e. The van der Waals surface area contributed by atoms with E-state index in [1.54, 1.807) is 5.38 Å². The van der Waals surface area contributed by atoms with Gasteiger partial charge >= 0.3 is 5.97 Å². The first-order valence-electron chi connectivity index (χ1n) is 7.61. The number of nitrogens with zero attached hydrogens (tertiary/aromatic N) is 1. The number of aromatic nitrogens is 1. The van der Waals surface area contributed by atoms with Crippen LogP contribution in [0.4, 0.5) is 0 Å². The van der Waals surface area contributed by atoms with E-state index in [1.807, 2.05) is 31.2 Å². The fraction of sp³-hybridized carbons (Fsp3) is 0.353. The van der Waals surface area contributed by atoms with Crippen LogP contribution < -0.4 is 5.32 Å². The Morgan fingerprint density at radius 3 is 2.83 bits per heavy atom. The molecule has 6 heteroatoms. The van der Waals surface area contributed by atoms with Gasteiger partial charge in [-0.1, -0.05) is 30.7 Å². The number of hydrogen-bond donors (Lipinski definition) is 2. The van der Waals surface area contributed by atoms with Crippen molar-refractivity contribution in [1.82, 2.24) is 10.3 Å². The third kappa shape index (κ3) is 3.27. The first-order chi connectivity index (χ1) is 11.1. The van der Waals surface area contributed by atoms with Gasteiger partial charge in [-0.25, -0.2) is 4.98 Å². The Morgan fingerprint density at radius 1 is 1.30 bits per heavy atom. The molecule has 0 unspecified atom stereocenters. The molecule has 0 spiro atoms. The minimum atomic E-state index is -0.841. The molecule has 1 aliphatic carbocycles. The van der Waals surface area contributed by atoms with Crippen LogP contribution in [0.5, 0.6) is 0 Å². The Morgan fingerprint density at radius 2 is 2.09 bits per heavy atom. The molecule has 5 nitrogen and oxygen atoms in total. The van der Waals surface area contributed by atoms with Crippen molar-refractivity contribution in [2.24, 2.45) is 5.92 Å². The number of aryl methyl sites for hydroxylation is 1. The lowest BCUT2D eigenvalue weighted by atomic mass is 10.0. The summed E-state index contributed by atoms with van der Waals surface area (Å²) in [6, 6.07) is 7.59. The average molecular weight is 330 g/mol. The van der Waals surface area contributed by atoms with E-state index in [9.17, 15) is 14.7 Å². The number of hydrogen-bond acceptors (Lipinski definition) is 4. The first kappa shape index (κ1) is 15.7. The molecule has 1 aromatic heterocycles. The van der Waals surface area contributed by atoms with Gasteiger partial charge in [-0.05, 0) is 25.3 Å². The standard InChI is InChI=1S/C17H18N2O3S/c1-10-5-2-3-6-11(10)16-19-14(9-23-16)15(20)18-13-8-4-7-12(13)17(21)22/h2-3,5-6,9,12-13H,4,7-8H2,1H3,(H,18,20)(H,21,22)/t12-,13+/m0/s1. The lowest BCUT2D eigenvalue weighted by Gasteiger charge is -2.16. The van der Waals surface area contributed by atoms with E-state index in [0.29, 0.717) is 18.5 Å². The molecule has 2 aromatic rings. The predicted octanol–water partition coefficient (Wildman–Crippen LogP) is 3.10. The Hall–Kier alpha value is -2.21. The lowest BCUT2D eigenvalue weighted by molar-refractivity contribution is -0.142. The molecular formula is C17H18N2O3S. The molecule has 0 saturated heterocycles. The maximum absolute atomic E-state index is 12.3. The van der Waals surface area contributed by atoms with Crippen LogP contribution in [0.15, 0.2) is 29.6 Å². The Kier molecular flexibility index (Phi) is 4.43. The van der Waals surface area contributed by atoms with Crippen LogP contribution in [0.3, 0.4) is 0 Å². The molecule has 2 atom stereocenters. The van der Waals surface area contributed by atoms with Gasteiger partial charge in [0, 0.05) is 17.0 Å². The molecule has 2 N–H and O–H groups in total. The third-order valence-electron chi connectivity index (χ3n) is 4.26. The smallest absolute Gasteiger partial charge is 0.308 e. The minimum absolute atomic E-state index is 0.292. The van der Waals surface area contributed by atoms with Gasteiger partial charge in [0.15, 0.2) is 0 Å². The largest absolute Gasteiger partial charge is 0.481 e. The molecular weight excluding hydrogens is 312 g/mol. The summed E-state index contributed by atoms with van der Waals surface area (Å²) >= 11 is 1.42. The van der Waals surface area contributed by atoms with Crippen LogP contribution in [0.2, 0.25) is 0 Å². The van der Waals surface area contributed by atoms with Crippen LogP contribution in [-0.4, -0.2) is 28.0 Å². The van der Waals surface area contributed by atoms with Crippen molar-refractivity contribution < 1.29 is 14.7 Å². The zero-order valence-corrected chi connectivity index (χ0v) is 13.6. The molecule has 0 bridgehead atoms. The van der Waals surface area contributed by atoms with Gasteiger partial charge in [0.25, 0.3) is 5.91 Å². The Bertz CT molecular complexity index is 741. The summed E-state index contributed by atoms with van der Waals surface area (Å²) in [7, 11) is 0. The number of amides is 1. The Labute approximate surface area is 138 Å². The summed E-state index contributed by atoms with van der Waals surface area (Å²) in [5.74, 6) is -1.63. The maximum atomic E-state index is 12.3. The summed E-state index contributed by atoms with van der Waals surface area (Å²) in [4.78, 5) is 27.9. The second kappa shape index (κ2) is 6.50. The molecule has 0 aliphatic heterocycles. The molecule has 1 amide bonds. The molecule has 1 aliphatic rings. The van der Waals surface area contributed by atoms with Crippen molar-refractivity contribution in [3.63, 3.8) is 0 Å². The van der Waals surface area contributed by atoms with Gasteiger partial charge in [0.1, 0.15) is 10.7 Å². The summed E-state index contributed by atoms with van der Waals surface area (Å²) in [6.07, 6.45) is 2.15. The topological polar surface area (TPSA) is 79.3 Å². The molecule has 120 valence electrons. The molecule has 3 rings (SSSR count). The van der Waals surface area contributed by atoms with E-state index in [0.717, 1.165) is 22.6 Å². The highest BCUT2D eigenvalue weighted by molar-refractivity contribution is 7.13. The second-order valence-electron chi connectivity index (χ2n) is 5.81. The van der Waals surface area contributed by atoms with Crippen molar-refractivity contribution in [2.45, 2.75) is 32.2 Å². The number of rotatable bonds is 4. The van der Waals surface area contributed by atoms with Crippen LogP contribution >= 0.6 is 11.3 Å². The van der Waals surface area contributed by atoms with E-state index in [2.05, 4.69) is 10.3 Å². The van der Waals surface area contributed by atoms with Crippen molar-refractivity contribution in [3.05, 3.63) is 40.9 Å². The summed E-state index contributed by atoms with van der Waals surface area (Å²) < 4.78 is 0. The fourth-order valence-corrected chi connectivity index (χ4v) is 3.88. The number of carbonyl (C=O) groups excluding carboxylic acids is 1. The molecule has 1 saturated carbocycles. The number of nitrogens with one attached hydrogen (secondary N) is 1. The highest BCUT2D eigenvalue weighted by Gasteiger charge is 2.34. The van der Waals surface area contributed by atoms with Crippen LogP contribution in [0, 0.1) is 12.8 Å². The summed E-state index contributed by atoms with van der Waals surface area (Å²) in [6.45, 7) is 2.01. The highest BCUT2D eigenvalue weighted by atomic mass is 32.1. The van der Waals surface area contributed by atoms with Gasteiger partial charge in [-0.2, -0.15) is 0 Å². The van der Waals surface area contributed by atoms with E-state index < -0.39 is 11.9 Å². The van der Waals surface area contributed by atoms with Crippen LogP contribution in [0.25, 0.3) is 10.6 Å². The lowest BCUT2D eigenvalue weighted by Crippen LogP contribution is -2.40. The van der Waals surface area contributed by atoms with Crippen LogP contribution in [-0.2, 0) is 4.79 Å². The number of carbonyl (C=O) groups is 2. The number of aliphatic carboxylic acids is 1. The first-order valence-corrected chi connectivity index (χ1v) is 8.49. The highest BCUT2D eigenvalue weighted by Crippen LogP contribution is 2.28. The average Bonchev–Trinajstić information content (AvgIpc) is 3.16. The fourth-order valence-electron chi connectivity index (χ4n) is 2.99. The number of benzene rings is 1. The van der Waals surface area contributed by atoms with Gasteiger partial charge in [-0.3, -0.25) is 9.59 Å². The predicted molar refractivity (Wildman–Crippen MR) is 88.5 cm³/mol. The number of carboxylic acids is 1. The van der Waals surface area contributed by atoms with E-state index in [-0.39, 0.29) is 11.9 Å². The quantitative estimate of drug-likeness (QED) is 0.903. The zero-order valence-electron chi connectivity index (χ0n) is 12.8. The minimum Gasteiger partial charge on any atom is -0.481 e. The van der Waals surface area contributed by atoms with Crippen molar-refractivity contribution in [1.29, 1.82) is 0 Å². The molecule has 1 heterocycles. The summed E-state index contributed by atoms with van der Waals surface area (Å²) in [5.41, 5.74) is 2.47. The molecule has 1 fully saturated rings. The van der Waals surface area contributed by atoms with E-state index in [1.165, 1.54) is 11.3 Å². The van der Waals surface area contributed by atoms with Gasteiger partial charge in [0.2, 0.25) is 0 Å². The van der Waals surface area contributed by atoms with Crippen molar-refractivity contribution in [3.8, 4) is 10.6 Å². The van der Waals surface area contributed by atoms with Crippen molar-refractivity contribution in [2.75, 3.05) is 0 Å². The van der Waals surface area contributed by atoms with Gasteiger partial charge in [0.05, 0.1) is 5.92 Å². The third-order valence-corrected chi connectivity index (χ3v) is 5.14. The summed E-state index contributed by atoms with van der Waals surface area (Å²) in [5, 5.41) is 14.5.